The largest absolute Gasteiger partial charge is 0.381 e. The molecule has 3 aromatic rings. The van der Waals surface area contributed by atoms with Crippen LogP contribution in [-0.2, 0) is 16.0 Å². The molecule has 8 nitrogen and oxygen atoms in total. The highest BCUT2D eigenvalue weighted by Crippen LogP contribution is 2.49. The van der Waals surface area contributed by atoms with Crippen molar-refractivity contribution in [3.8, 4) is 0 Å². The van der Waals surface area contributed by atoms with Crippen molar-refractivity contribution in [1.29, 1.82) is 0 Å². The predicted octanol–water partition coefficient (Wildman–Crippen LogP) is 3.24. The van der Waals surface area contributed by atoms with E-state index in [-0.39, 0.29) is 23.8 Å². The van der Waals surface area contributed by atoms with Gasteiger partial charge in [-0.15, -0.1) is 0 Å². The Morgan fingerprint density at radius 1 is 1.30 bits per heavy atom. The number of methoxy groups -OCH3 is 1. The van der Waals surface area contributed by atoms with Crippen molar-refractivity contribution >= 4 is 46.0 Å². The first-order valence-corrected chi connectivity index (χ1v) is 11.5. The standard InChI is InChI=1S/C23H23Cl2N5O3/c1-33-16-7-23(8-16)11-30(12-23)22(32)19(5-13-2-3-26-10-17(13)25)29-21(31)18-6-14-4-15(24)9-27-20(14)28-18/h2-4,6,9-10,16,19H,5,7-8,11-12H2,1H3,(H,27,28)(H,29,31). The van der Waals surface area contributed by atoms with E-state index < -0.39 is 11.9 Å². The lowest BCUT2D eigenvalue weighted by atomic mass is 9.61. The molecule has 1 saturated heterocycles. The summed E-state index contributed by atoms with van der Waals surface area (Å²) in [6.45, 7) is 1.36. The summed E-state index contributed by atoms with van der Waals surface area (Å²) < 4.78 is 5.39. The summed E-state index contributed by atoms with van der Waals surface area (Å²) in [5, 5.41) is 4.54. The van der Waals surface area contributed by atoms with Crippen LogP contribution in [-0.4, -0.2) is 64.0 Å². The number of nitrogens with one attached hydrogen (secondary N) is 2. The molecule has 0 radical (unpaired) electrons. The first kappa shape index (κ1) is 22.1. The minimum atomic E-state index is -0.768. The minimum absolute atomic E-state index is 0.125. The van der Waals surface area contributed by atoms with Gasteiger partial charge in [0, 0.05) is 56.0 Å². The predicted molar refractivity (Wildman–Crippen MR) is 124 cm³/mol. The highest BCUT2D eigenvalue weighted by atomic mass is 35.5. The Bertz CT molecular complexity index is 1220. The molecule has 1 saturated carbocycles. The molecule has 3 aromatic heterocycles. The minimum Gasteiger partial charge on any atom is -0.381 e. The van der Waals surface area contributed by atoms with Gasteiger partial charge in [-0.05, 0) is 36.6 Å². The molecule has 0 bridgehead atoms. The normalized spacial score (nSPS) is 18.1. The van der Waals surface area contributed by atoms with E-state index >= 15 is 0 Å². The fraction of sp³-hybridized carbons (Fsp3) is 0.391. The summed E-state index contributed by atoms with van der Waals surface area (Å²) in [4.78, 5) is 39.4. The number of carbonyl (C=O) groups is 2. The summed E-state index contributed by atoms with van der Waals surface area (Å²) in [7, 11) is 1.72. The Morgan fingerprint density at radius 3 is 2.82 bits per heavy atom. The van der Waals surface area contributed by atoms with Crippen LogP contribution in [0.5, 0.6) is 0 Å². The SMILES string of the molecule is COC1CC2(C1)CN(C(=O)C(Cc1ccncc1Cl)NC(=O)c1cc3cc(Cl)cnc3[nH]1)C2. The Kier molecular flexibility index (Phi) is 5.76. The third-order valence-corrected chi connectivity index (χ3v) is 7.13. The molecule has 2 fully saturated rings. The zero-order valence-electron chi connectivity index (χ0n) is 18.0. The number of aromatic nitrogens is 3. The van der Waals surface area contributed by atoms with E-state index in [1.54, 1.807) is 36.4 Å². The van der Waals surface area contributed by atoms with Crippen LogP contribution in [0.4, 0.5) is 0 Å². The second-order valence-corrected chi connectivity index (χ2v) is 9.78. The van der Waals surface area contributed by atoms with Crippen LogP contribution >= 0.6 is 23.2 Å². The van der Waals surface area contributed by atoms with Gasteiger partial charge in [-0.25, -0.2) is 4.98 Å². The van der Waals surface area contributed by atoms with Gasteiger partial charge in [0.2, 0.25) is 5.91 Å². The van der Waals surface area contributed by atoms with E-state index in [0.717, 1.165) is 23.8 Å². The number of fused-ring (bicyclic) bond motifs is 1. The number of halogens is 2. The summed E-state index contributed by atoms with van der Waals surface area (Å²) in [5.74, 6) is -0.522. The summed E-state index contributed by atoms with van der Waals surface area (Å²) in [6.07, 6.45) is 7.13. The van der Waals surface area contributed by atoms with Crippen LogP contribution in [0.15, 0.2) is 36.8 Å². The molecule has 4 heterocycles. The molecule has 1 atom stereocenters. The molecule has 2 N–H and O–H groups in total. The van der Waals surface area contributed by atoms with Crippen molar-refractivity contribution < 1.29 is 14.3 Å². The average Bonchev–Trinajstić information content (AvgIpc) is 3.16. The van der Waals surface area contributed by atoms with E-state index in [2.05, 4.69) is 20.3 Å². The number of pyridine rings is 2. The van der Waals surface area contributed by atoms with E-state index in [1.807, 2.05) is 0 Å². The number of amides is 2. The van der Waals surface area contributed by atoms with Crippen LogP contribution in [0, 0.1) is 5.41 Å². The monoisotopic (exact) mass is 487 g/mol. The Balaban J connectivity index is 1.33. The zero-order valence-corrected chi connectivity index (χ0v) is 19.5. The van der Waals surface area contributed by atoms with Crippen LogP contribution in [0.25, 0.3) is 11.0 Å². The van der Waals surface area contributed by atoms with Gasteiger partial charge in [0.15, 0.2) is 0 Å². The quantitative estimate of drug-likeness (QED) is 0.555. The number of nitrogens with zero attached hydrogens (tertiary/aromatic N) is 3. The molecule has 33 heavy (non-hydrogen) atoms. The molecule has 2 aliphatic rings. The smallest absolute Gasteiger partial charge is 0.268 e. The maximum atomic E-state index is 13.4. The summed E-state index contributed by atoms with van der Waals surface area (Å²) >= 11 is 12.3. The van der Waals surface area contributed by atoms with E-state index in [9.17, 15) is 9.59 Å². The molecule has 1 spiro atoms. The zero-order chi connectivity index (χ0) is 23.2. The Labute approximate surface area is 200 Å². The first-order valence-electron chi connectivity index (χ1n) is 10.7. The molecule has 10 heteroatoms. The van der Waals surface area contributed by atoms with Gasteiger partial charge >= 0.3 is 0 Å². The third-order valence-electron chi connectivity index (χ3n) is 6.58. The van der Waals surface area contributed by atoms with Crippen molar-refractivity contribution in [1.82, 2.24) is 25.2 Å². The summed E-state index contributed by atoms with van der Waals surface area (Å²) in [6, 6.07) is 4.39. The molecule has 2 amide bonds. The molecule has 172 valence electrons. The van der Waals surface area contributed by atoms with Gasteiger partial charge in [-0.2, -0.15) is 0 Å². The van der Waals surface area contributed by atoms with E-state index in [4.69, 9.17) is 27.9 Å². The second kappa shape index (κ2) is 8.59. The van der Waals surface area contributed by atoms with Crippen molar-refractivity contribution in [3.63, 3.8) is 0 Å². The van der Waals surface area contributed by atoms with Gasteiger partial charge in [-0.1, -0.05) is 23.2 Å². The van der Waals surface area contributed by atoms with Crippen LogP contribution in [0.1, 0.15) is 28.9 Å². The fourth-order valence-corrected chi connectivity index (χ4v) is 5.17. The lowest BCUT2D eigenvalue weighted by Crippen LogP contribution is -2.67. The number of aromatic amines is 1. The van der Waals surface area contributed by atoms with Gasteiger partial charge in [0.1, 0.15) is 17.4 Å². The number of rotatable bonds is 6. The molecule has 1 aliphatic heterocycles. The van der Waals surface area contributed by atoms with Crippen molar-refractivity contribution in [3.05, 3.63) is 58.1 Å². The van der Waals surface area contributed by atoms with Gasteiger partial charge < -0.3 is 19.9 Å². The lowest BCUT2D eigenvalue weighted by Gasteiger charge is -2.58. The second-order valence-electron chi connectivity index (χ2n) is 8.93. The molecule has 1 unspecified atom stereocenters. The highest BCUT2D eigenvalue weighted by molar-refractivity contribution is 6.31. The number of H-pyrrole nitrogens is 1. The van der Waals surface area contributed by atoms with Crippen LogP contribution in [0.3, 0.4) is 0 Å². The third kappa shape index (κ3) is 4.30. The Morgan fingerprint density at radius 2 is 2.09 bits per heavy atom. The van der Waals surface area contributed by atoms with Crippen molar-refractivity contribution in [2.45, 2.75) is 31.4 Å². The molecular weight excluding hydrogens is 465 g/mol. The number of hydrogen-bond donors (Lipinski definition) is 2. The van der Waals surface area contributed by atoms with Crippen LogP contribution in [0.2, 0.25) is 10.0 Å². The van der Waals surface area contributed by atoms with Gasteiger partial charge in [0.05, 0.1) is 16.1 Å². The lowest BCUT2D eigenvalue weighted by molar-refractivity contribution is -0.168. The maximum Gasteiger partial charge on any atom is 0.268 e. The highest BCUT2D eigenvalue weighted by Gasteiger charge is 2.54. The van der Waals surface area contributed by atoms with Crippen molar-refractivity contribution in [2.24, 2.45) is 5.41 Å². The van der Waals surface area contributed by atoms with Crippen LogP contribution < -0.4 is 5.32 Å². The fourth-order valence-electron chi connectivity index (χ4n) is 4.81. The number of likely N-dealkylation sites (tertiary alicyclic amines) is 1. The molecular formula is C23H23Cl2N5O3. The summed E-state index contributed by atoms with van der Waals surface area (Å²) in [5.41, 5.74) is 1.75. The van der Waals surface area contributed by atoms with E-state index in [1.165, 1.54) is 12.4 Å². The molecule has 1 aliphatic carbocycles. The first-order chi connectivity index (χ1) is 15.9. The van der Waals surface area contributed by atoms with Crippen molar-refractivity contribution in [2.75, 3.05) is 20.2 Å². The Hall–Kier alpha value is -2.68. The number of carbonyl (C=O) groups excluding carboxylic acids is 2. The maximum absolute atomic E-state index is 13.4. The molecule has 0 aromatic carbocycles. The van der Waals surface area contributed by atoms with Gasteiger partial charge in [0.25, 0.3) is 5.91 Å². The van der Waals surface area contributed by atoms with E-state index in [0.29, 0.717) is 34.5 Å². The number of ether oxygens (including phenoxy) is 1. The van der Waals surface area contributed by atoms with Gasteiger partial charge in [-0.3, -0.25) is 14.6 Å². The average molecular weight is 488 g/mol. The number of hydrogen-bond acceptors (Lipinski definition) is 5. The molecule has 5 rings (SSSR count). The topological polar surface area (TPSA) is 100 Å².